The predicted octanol–water partition coefficient (Wildman–Crippen LogP) is 14.3. The van der Waals surface area contributed by atoms with E-state index in [4.69, 9.17) is 0 Å². The first-order valence-corrected chi connectivity index (χ1v) is 20.5. The molecule has 0 N–H and O–H groups in total. The minimum atomic E-state index is 0.639. The number of rotatable bonds is 35. The monoisotopic (exact) mass is 603 g/mol. The van der Waals surface area contributed by atoms with Crippen molar-refractivity contribution in [2.75, 3.05) is 13.1 Å². The Kier molecular flexibility index (Phi) is 30.7. The zero-order valence-corrected chi connectivity index (χ0v) is 30.4. The number of nitrogens with zero attached hydrogens (tertiary/aromatic N) is 2. The summed E-state index contributed by atoms with van der Waals surface area (Å²) in [5.74, 6) is 0. The zero-order chi connectivity index (χ0) is 30.9. The van der Waals surface area contributed by atoms with Crippen LogP contribution in [0.5, 0.6) is 0 Å². The minimum Gasteiger partial charge on any atom is -0.356 e. The van der Waals surface area contributed by atoms with Crippen LogP contribution in [-0.4, -0.2) is 29.1 Å². The molecule has 0 aromatic rings. The van der Waals surface area contributed by atoms with E-state index in [0.717, 1.165) is 0 Å². The number of unbranched alkanes of at least 4 members (excludes halogenated alkanes) is 29. The summed E-state index contributed by atoms with van der Waals surface area (Å²) >= 11 is 0. The standard InChI is InChI=1S/C41H82N2/c1-4-7-10-13-16-19-21-22-23-26-29-32-35-38-43-40-39-42(37-34-31-28-25-18-15-12-9-6-3)41(43)36-33-30-27-24-20-17-14-11-8-5-2/h39-41H,4-38H2,1-3H3. The molecule has 1 aliphatic heterocycles. The Morgan fingerprint density at radius 2 is 0.535 bits per heavy atom. The molecule has 0 saturated heterocycles. The van der Waals surface area contributed by atoms with Gasteiger partial charge in [0.25, 0.3) is 0 Å². The van der Waals surface area contributed by atoms with Crippen LogP contribution < -0.4 is 0 Å². The Labute approximate surface area is 273 Å². The smallest absolute Gasteiger partial charge is 0.101 e. The van der Waals surface area contributed by atoms with E-state index >= 15 is 0 Å². The van der Waals surface area contributed by atoms with Crippen molar-refractivity contribution in [3.63, 3.8) is 0 Å². The maximum absolute atomic E-state index is 2.72. The Balaban J connectivity index is 2.22. The van der Waals surface area contributed by atoms with Gasteiger partial charge in [-0.1, -0.05) is 207 Å². The molecule has 0 bridgehead atoms. The molecule has 1 unspecified atom stereocenters. The van der Waals surface area contributed by atoms with E-state index in [-0.39, 0.29) is 0 Å². The fourth-order valence-corrected chi connectivity index (χ4v) is 7.07. The van der Waals surface area contributed by atoms with Crippen molar-refractivity contribution in [3.05, 3.63) is 12.4 Å². The summed E-state index contributed by atoms with van der Waals surface area (Å²) in [7, 11) is 0. The normalized spacial score (nSPS) is 14.9. The van der Waals surface area contributed by atoms with Gasteiger partial charge in [0.05, 0.1) is 0 Å². The second-order valence-electron chi connectivity index (χ2n) is 14.3. The number of hydrogen-bond donors (Lipinski definition) is 0. The molecular weight excluding hydrogens is 520 g/mol. The van der Waals surface area contributed by atoms with Crippen molar-refractivity contribution in [2.45, 2.75) is 239 Å². The molecule has 0 spiro atoms. The van der Waals surface area contributed by atoms with Gasteiger partial charge in [0.15, 0.2) is 0 Å². The Morgan fingerprint density at radius 1 is 0.302 bits per heavy atom. The van der Waals surface area contributed by atoms with Gasteiger partial charge in [-0.25, -0.2) is 0 Å². The van der Waals surface area contributed by atoms with Crippen LogP contribution in [0.1, 0.15) is 233 Å². The highest BCUT2D eigenvalue weighted by Crippen LogP contribution is 2.24. The van der Waals surface area contributed by atoms with E-state index in [1.807, 2.05) is 0 Å². The molecule has 43 heavy (non-hydrogen) atoms. The quantitative estimate of drug-likeness (QED) is 0.0666. The summed E-state index contributed by atoms with van der Waals surface area (Å²) in [4.78, 5) is 5.44. The molecule has 0 saturated carbocycles. The third-order valence-electron chi connectivity index (χ3n) is 10.1. The average Bonchev–Trinajstić information content (AvgIpc) is 3.40. The third-order valence-corrected chi connectivity index (χ3v) is 10.1. The number of hydrogen-bond acceptors (Lipinski definition) is 2. The minimum absolute atomic E-state index is 0.639. The van der Waals surface area contributed by atoms with Crippen LogP contribution >= 0.6 is 0 Å². The molecule has 2 nitrogen and oxygen atoms in total. The van der Waals surface area contributed by atoms with Crippen LogP contribution in [0.15, 0.2) is 12.4 Å². The topological polar surface area (TPSA) is 6.48 Å². The summed E-state index contributed by atoms with van der Waals surface area (Å²) < 4.78 is 0. The van der Waals surface area contributed by atoms with Crippen LogP contribution in [0.4, 0.5) is 0 Å². The largest absolute Gasteiger partial charge is 0.356 e. The predicted molar refractivity (Wildman–Crippen MR) is 196 cm³/mol. The van der Waals surface area contributed by atoms with Crippen LogP contribution in [0.3, 0.4) is 0 Å². The maximum Gasteiger partial charge on any atom is 0.101 e. The molecule has 2 heteroatoms. The van der Waals surface area contributed by atoms with Gasteiger partial charge in [-0.3, -0.25) is 0 Å². The molecule has 0 fully saturated rings. The Morgan fingerprint density at radius 3 is 0.814 bits per heavy atom. The fraction of sp³-hybridized carbons (Fsp3) is 0.951. The van der Waals surface area contributed by atoms with Gasteiger partial charge in [-0.05, 0) is 25.7 Å². The molecule has 1 aliphatic rings. The lowest BCUT2D eigenvalue weighted by Crippen LogP contribution is -2.39. The molecule has 1 atom stereocenters. The summed E-state index contributed by atoms with van der Waals surface area (Å²) in [5.41, 5.74) is 0. The third kappa shape index (κ3) is 25.2. The Bertz CT molecular complexity index is 558. The first kappa shape index (κ1) is 40.4. The molecular formula is C41H82N2. The molecule has 0 radical (unpaired) electrons. The molecule has 256 valence electrons. The zero-order valence-electron chi connectivity index (χ0n) is 30.4. The van der Waals surface area contributed by atoms with E-state index in [1.54, 1.807) is 0 Å². The van der Waals surface area contributed by atoms with Gasteiger partial charge in [0.2, 0.25) is 0 Å². The van der Waals surface area contributed by atoms with Crippen molar-refractivity contribution in [1.82, 2.24) is 9.80 Å². The summed E-state index contributed by atoms with van der Waals surface area (Å²) in [6, 6.07) is 0. The van der Waals surface area contributed by atoms with Gasteiger partial charge in [-0.2, -0.15) is 0 Å². The van der Waals surface area contributed by atoms with Crippen LogP contribution in [0.2, 0.25) is 0 Å². The first-order valence-electron chi connectivity index (χ1n) is 20.5. The van der Waals surface area contributed by atoms with E-state index in [1.165, 1.54) is 225 Å². The van der Waals surface area contributed by atoms with Crippen LogP contribution in [0.25, 0.3) is 0 Å². The summed E-state index contributed by atoms with van der Waals surface area (Å²) in [5, 5.41) is 0. The van der Waals surface area contributed by atoms with Crippen molar-refractivity contribution in [1.29, 1.82) is 0 Å². The molecule has 0 aliphatic carbocycles. The van der Waals surface area contributed by atoms with Crippen molar-refractivity contribution < 1.29 is 0 Å². The van der Waals surface area contributed by atoms with Crippen molar-refractivity contribution in [3.8, 4) is 0 Å². The average molecular weight is 603 g/mol. The van der Waals surface area contributed by atoms with Crippen LogP contribution in [-0.2, 0) is 0 Å². The lowest BCUT2D eigenvalue weighted by Gasteiger charge is -2.33. The highest BCUT2D eigenvalue weighted by Gasteiger charge is 2.24. The molecule has 1 rings (SSSR count). The molecule has 0 aromatic heterocycles. The molecule has 0 aromatic carbocycles. The Hall–Kier alpha value is -0.660. The first-order chi connectivity index (χ1) is 21.3. The van der Waals surface area contributed by atoms with Gasteiger partial charge in [0, 0.05) is 25.5 Å². The summed E-state index contributed by atoms with van der Waals surface area (Å²) in [6.45, 7) is 9.48. The molecule has 1 heterocycles. The highest BCUT2D eigenvalue weighted by molar-refractivity contribution is 4.97. The second-order valence-corrected chi connectivity index (χ2v) is 14.3. The van der Waals surface area contributed by atoms with Gasteiger partial charge >= 0.3 is 0 Å². The lowest BCUT2D eigenvalue weighted by atomic mass is 10.0. The summed E-state index contributed by atoms with van der Waals surface area (Å²) in [6.07, 6.45) is 52.9. The van der Waals surface area contributed by atoms with Gasteiger partial charge in [-0.15, -0.1) is 0 Å². The van der Waals surface area contributed by atoms with Gasteiger partial charge in [0.1, 0.15) is 6.17 Å². The SMILES string of the molecule is CCCCCCCCCCCCCCCN1C=CN(CCCCCCCCCCC)C1CCCCCCCCCCCC. The maximum atomic E-state index is 2.72. The lowest BCUT2D eigenvalue weighted by molar-refractivity contribution is 0.135. The van der Waals surface area contributed by atoms with Gasteiger partial charge < -0.3 is 9.80 Å². The fourth-order valence-electron chi connectivity index (χ4n) is 7.07. The molecule has 0 amide bonds. The highest BCUT2D eigenvalue weighted by atomic mass is 15.4. The van der Waals surface area contributed by atoms with E-state index in [2.05, 4.69) is 43.0 Å². The van der Waals surface area contributed by atoms with E-state index in [9.17, 15) is 0 Å². The second kappa shape index (κ2) is 32.7. The van der Waals surface area contributed by atoms with Crippen molar-refractivity contribution >= 4 is 0 Å². The van der Waals surface area contributed by atoms with E-state index in [0.29, 0.717) is 6.17 Å². The van der Waals surface area contributed by atoms with E-state index < -0.39 is 0 Å². The van der Waals surface area contributed by atoms with Crippen LogP contribution in [0, 0.1) is 0 Å². The van der Waals surface area contributed by atoms with Crippen molar-refractivity contribution in [2.24, 2.45) is 0 Å².